The number of nitrogens with zero attached hydrogens (tertiary/aromatic N) is 2. The first-order chi connectivity index (χ1) is 9.09. The smallest absolute Gasteiger partial charge is 0.243 e. The van der Waals surface area contributed by atoms with Crippen LogP contribution in [0.3, 0.4) is 0 Å². The van der Waals surface area contributed by atoms with Crippen molar-refractivity contribution in [2.24, 2.45) is 5.92 Å². The summed E-state index contributed by atoms with van der Waals surface area (Å²) in [5.74, 6) is 2.05. The molecule has 5 heteroatoms. The molecule has 2 heterocycles. The molecule has 0 saturated carbocycles. The van der Waals surface area contributed by atoms with E-state index in [9.17, 15) is 0 Å². The van der Waals surface area contributed by atoms with E-state index in [0.717, 1.165) is 19.4 Å². The molecule has 0 bridgehead atoms. The van der Waals surface area contributed by atoms with Crippen LogP contribution in [0.4, 0.5) is 0 Å². The van der Waals surface area contributed by atoms with Gasteiger partial charge in [0.2, 0.25) is 11.7 Å². The molecule has 3 atom stereocenters. The van der Waals surface area contributed by atoms with Crippen molar-refractivity contribution in [3.05, 3.63) is 11.7 Å². The summed E-state index contributed by atoms with van der Waals surface area (Å²) in [6.07, 6.45) is 3.09. The second kappa shape index (κ2) is 6.01. The van der Waals surface area contributed by atoms with Crippen molar-refractivity contribution < 1.29 is 9.26 Å². The molecule has 1 fully saturated rings. The van der Waals surface area contributed by atoms with Gasteiger partial charge in [-0.2, -0.15) is 4.98 Å². The molecule has 5 nitrogen and oxygen atoms in total. The average molecular weight is 267 g/mol. The van der Waals surface area contributed by atoms with Crippen molar-refractivity contribution in [3.8, 4) is 0 Å². The van der Waals surface area contributed by atoms with Gasteiger partial charge in [0.1, 0.15) is 5.60 Å². The molecule has 0 amide bonds. The zero-order chi connectivity index (χ0) is 13.9. The molecule has 0 aromatic carbocycles. The average Bonchev–Trinajstić information content (AvgIpc) is 2.89. The predicted molar refractivity (Wildman–Crippen MR) is 72.7 cm³/mol. The SMILES string of the molecule is CCOC(C)(CC)c1noc(C2CC(C)CCN2)n1. The lowest BCUT2D eigenvalue weighted by Gasteiger charge is -2.26. The summed E-state index contributed by atoms with van der Waals surface area (Å²) in [7, 11) is 0. The summed E-state index contributed by atoms with van der Waals surface area (Å²) in [5.41, 5.74) is -0.448. The van der Waals surface area contributed by atoms with Gasteiger partial charge in [-0.1, -0.05) is 19.0 Å². The van der Waals surface area contributed by atoms with Crippen LogP contribution in [0.25, 0.3) is 0 Å². The number of rotatable bonds is 5. The molecule has 0 aliphatic carbocycles. The van der Waals surface area contributed by atoms with Crippen LogP contribution in [-0.4, -0.2) is 23.3 Å². The summed E-state index contributed by atoms with van der Waals surface area (Å²) < 4.78 is 11.2. The lowest BCUT2D eigenvalue weighted by molar-refractivity contribution is -0.0403. The maximum absolute atomic E-state index is 5.78. The summed E-state index contributed by atoms with van der Waals surface area (Å²) in [5, 5.41) is 7.57. The predicted octanol–water partition coefficient (Wildman–Crippen LogP) is 2.79. The second-order valence-corrected chi connectivity index (χ2v) is 5.61. The Morgan fingerprint density at radius 3 is 2.89 bits per heavy atom. The highest BCUT2D eigenvalue weighted by Gasteiger charge is 2.33. The molecule has 2 rings (SSSR count). The van der Waals surface area contributed by atoms with Crippen LogP contribution in [0.2, 0.25) is 0 Å². The topological polar surface area (TPSA) is 60.2 Å². The number of ether oxygens (including phenoxy) is 1. The van der Waals surface area contributed by atoms with Gasteiger partial charge in [-0.05, 0) is 45.6 Å². The molecule has 19 heavy (non-hydrogen) atoms. The van der Waals surface area contributed by atoms with Crippen LogP contribution >= 0.6 is 0 Å². The lowest BCUT2D eigenvalue weighted by Crippen LogP contribution is -2.31. The van der Waals surface area contributed by atoms with E-state index in [1.165, 1.54) is 6.42 Å². The number of nitrogens with one attached hydrogen (secondary N) is 1. The standard InChI is InChI=1S/C14H25N3O2/c1-5-14(4,18-6-2)13-16-12(19-17-13)11-9-10(3)7-8-15-11/h10-11,15H,5-9H2,1-4H3. The number of piperidine rings is 1. The van der Waals surface area contributed by atoms with E-state index in [2.05, 4.69) is 29.3 Å². The zero-order valence-electron chi connectivity index (χ0n) is 12.4. The van der Waals surface area contributed by atoms with Crippen molar-refractivity contribution in [3.63, 3.8) is 0 Å². The third-order valence-corrected chi connectivity index (χ3v) is 4.02. The molecule has 1 N–H and O–H groups in total. The maximum atomic E-state index is 5.78. The zero-order valence-corrected chi connectivity index (χ0v) is 12.4. The summed E-state index contributed by atoms with van der Waals surface area (Å²) in [6.45, 7) is 10.0. The number of hydrogen-bond acceptors (Lipinski definition) is 5. The molecule has 108 valence electrons. The van der Waals surface area contributed by atoms with Gasteiger partial charge in [0, 0.05) is 6.61 Å². The van der Waals surface area contributed by atoms with E-state index in [0.29, 0.717) is 24.2 Å². The van der Waals surface area contributed by atoms with Crippen molar-refractivity contribution in [1.29, 1.82) is 0 Å². The van der Waals surface area contributed by atoms with E-state index in [4.69, 9.17) is 9.26 Å². The highest BCUT2D eigenvalue weighted by Crippen LogP contribution is 2.30. The molecule has 3 unspecified atom stereocenters. The minimum Gasteiger partial charge on any atom is -0.367 e. The van der Waals surface area contributed by atoms with Gasteiger partial charge < -0.3 is 14.6 Å². The molecular weight excluding hydrogens is 242 g/mol. The molecule has 1 aromatic rings. The molecule has 1 saturated heterocycles. The fraction of sp³-hybridized carbons (Fsp3) is 0.857. The Hall–Kier alpha value is -0.940. The number of aromatic nitrogens is 2. The van der Waals surface area contributed by atoms with Gasteiger partial charge in [0.15, 0.2) is 0 Å². The monoisotopic (exact) mass is 267 g/mol. The van der Waals surface area contributed by atoms with Gasteiger partial charge in [0.25, 0.3) is 0 Å². The van der Waals surface area contributed by atoms with E-state index in [1.54, 1.807) is 0 Å². The molecule has 0 radical (unpaired) electrons. The Balaban J connectivity index is 2.13. The van der Waals surface area contributed by atoms with Gasteiger partial charge in [-0.15, -0.1) is 0 Å². The minimum atomic E-state index is -0.448. The Bertz CT molecular complexity index is 407. The van der Waals surface area contributed by atoms with Crippen LogP contribution in [0.15, 0.2) is 4.52 Å². The van der Waals surface area contributed by atoms with Crippen LogP contribution < -0.4 is 5.32 Å². The van der Waals surface area contributed by atoms with Crippen molar-refractivity contribution >= 4 is 0 Å². The van der Waals surface area contributed by atoms with E-state index >= 15 is 0 Å². The fourth-order valence-electron chi connectivity index (χ4n) is 2.53. The second-order valence-electron chi connectivity index (χ2n) is 5.61. The Labute approximate surface area is 115 Å². The maximum Gasteiger partial charge on any atom is 0.243 e. The van der Waals surface area contributed by atoms with Gasteiger partial charge in [-0.25, -0.2) is 0 Å². The third-order valence-electron chi connectivity index (χ3n) is 4.02. The molecule has 1 aliphatic heterocycles. The summed E-state index contributed by atoms with van der Waals surface area (Å²) >= 11 is 0. The van der Waals surface area contributed by atoms with Crippen LogP contribution in [0.5, 0.6) is 0 Å². The highest BCUT2D eigenvalue weighted by molar-refractivity contribution is 5.02. The lowest BCUT2D eigenvalue weighted by atomic mass is 9.94. The molecular formula is C14H25N3O2. The summed E-state index contributed by atoms with van der Waals surface area (Å²) in [6, 6.07) is 0.188. The summed E-state index contributed by atoms with van der Waals surface area (Å²) in [4.78, 5) is 4.56. The first-order valence-corrected chi connectivity index (χ1v) is 7.30. The van der Waals surface area contributed by atoms with Crippen LogP contribution in [0, 0.1) is 5.92 Å². The Kier molecular flexibility index (Phi) is 4.58. The quantitative estimate of drug-likeness (QED) is 0.889. The van der Waals surface area contributed by atoms with E-state index < -0.39 is 5.60 Å². The van der Waals surface area contributed by atoms with E-state index in [-0.39, 0.29) is 6.04 Å². The first kappa shape index (κ1) is 14.5. The van der Waals surface area contributed by atoms with Crippen molar-refractivity contribution in [2.45, 2.75) is 58.6 Å². The molecule has 1 aliphatic rings. The van der Waals surface area contributed by atoms with Crippen molar-refractivity contribution in [1.82, 2.24) is 15.5 Å². The molecule has 0 spiro atoms. The largest absolute Gasteiger partial charge is 0.367 e. The normalized spacial score (nSPS) is 27.2. The fourth-order valence-corrected chi connectivity index (χ4v) is 2.53. The third kappa shape index (κ3) is 3.15. The van der Waals surface area contributed by atoms with Crippen LogP contribution in [0.1, 0.15) is 64.7 Å². The first-order valence-electron chi connectivity index (χ1n) is 7.30. The van der Waals surface area contributed by atoms with Gasteiger partial charge >= 0.3 is 0 Å². The molecule has 1 aromatic heterocycles. The van der Waals surface area contributed by atoms with E-state index in [1.807, 2.05) is 13.8 Å². The van der Waals surface area contributed by atoms with Gasteiger partial charge in [0.05, 0.1) is 6.04 Å². The van der Waals surface area contributed by atoms with Gasteiger partial charge in [-0.3, -0.25) is 0 Å². The van der Waals surface area contributed by atoms with Crippen LogP contribution in [-0.2, 0) is 10.3 Å². The highest BCUT2D eigenvalue weighted by atomic mass is 16.5. The van der Waals surface area contributed by atoms with Crippen molar-refractivity contribution in [2.75, 3.05) is 13.2 Å². The Morgan fingerprint density at radius 1 is 1.47 bits per heavy atom. The minimum absolute atomic E-state index is 0.188. The number of hydrogen-bond donors (Lipinski definition) is 1. The Morgan fingerprint density at radius 2 is 2.26 bits per heavy atom.